The van der Waals surface area contributed by atoms with E-state index in [0.717, 1.165) is 11.1 Å². The van der Waals surface area contributed by atoms with Gasteiger partial charge in [0.25, 0.3) is 5.91 Å². The van der Waals surface area contributed by atoms with E-state index >= 15 is 0 Å². The Labute approximate surface area is 156 Å². The fourth-order valence-electron chi connectivity index (χ4n) is 2.76. The van der Waals surface area contributed by atoms with Crippen LogP contribution in [0.25, 0.3) is 11.1 Å². The van der Waals surface area contributed by atoms with Gasteiger partial charge in [-0.05, 0) is 42.0 Å². The molecule has 0 radical (unpaired) electrons. The average molecular weight is 358 g/mol. The lowest BCUT2D eigenvalue weighted by molar-refractivity contribution is 0.102. The number of hydrogen-bond donors (Lipinski definition) is 1. The van der Waals surface area contributed by atoms with E-state index < -0.39 is 0 Å². The number of amides is 1. The van der Waals surface area contributed by atoms with Crippen molar-refractivity contribution in [2.24, 2.45) is 0 Å². The van der Waals surface area contributed by atoms with Gasteiger partial charge in [-0.1, -0.05) is 30.3 Å². The number of rotatable bonds is 5. The maximum absolute atomic E-state index is 12.4. The number of nitrogens with zero attached hydrogens (tertiary/aromatic N) is 1. The second-order valence-electron chi connectivity index (χ2n) is 6.17. The highest BCUT2D eigenvalue weighted by atomic mass is 16.5. The van der Waals surface area contributed by atoms with Crippen molar-refractivity contribution in [3.8, 4) is 5.75 Å². The van der Waals surface area contributed by atoms with Gasteiger partial charge in [0.15, 0.2) is 11.5 Å². The normalized spacial score (nSPS) is 10.7. The van der Waals surface area contributed by atoms with E-state index in [1.54, 1.807) is 43.3 Å². The molecule has 0 unspecified atom stereocenters. The first-order chi connectivity index (χ1) is 13.2. The number of benzene rings is 3. The number of ether oxygens (including phenoxy) is 1. The number of anilines is 1. The minimum absolute atomic E-state index is 0.194. The van der Waals surface area contributed by atoms with Gasteiger partial charge in [0.2, 0.25) is 0 Å². The number of carbonyl (C=O) groups is 1. The number of aromatic nitrogens is 1. The molecule has 0 saturated heterocycles. The summed E-state index contributed by atoms with van der Waals surface area (Å²) in [6.07, 6.45) is 0. The van der Waals surface area contributed by atoms with Crippen LogP contribution in [-0.4, -0.2) is 10.9 Å². The summed E-state index contributed by atoms with van der Waals surface area (Å²) in [6.45, 7) is 2.28. The molecule has 27 heavy (non-hydrogen) atoms. The number of oxazole rings is 1. The van der Waals surface area contributed by atoms with Crippen molar-refractivity contribution in [3.05, 3.63) is 89.8 Å². The zero-order valence-electron chi connectivity index (χ0n) is 14.8. The number of hydrogen-bond acceptors (Lipinski definition) is 4. The molecule has 0 saturated carbocycles. The van der Waals surface area contributed by atoms with Crippen LogP contribution in [0.4, 0.5) is 5.69 Å². The van der Waals surface area contributed by atoms with Crippen LogP contribution in [0.5, 0.6) is 5.75 Å². The van der Waals surface area contributed by atoms with E-state index in [2.05, 4.69) is 10.3 Å². The summed E-state index contributed by atoms with van der Waals surface area (Å²) in [6, 6.07) is 22.4. The van der Waals surface area contributed by atoms with Crippen LogP contribution in [0, 0.1) is 6.92 Å². The van der Waals surface area contributed by atoms with Crippen molar-refractivity contribution in [2.75, 3.05) is 5.32 Å². The van der Waals surface area contributed by atoms with Crippen molar-refractivity contribution < 1.29 is 13.9 Å². The Balaban J connectivity index is 1.40. The highest BCUT2D eigenvalue weighted by Crippen LogP contribution is 2.21. The van der Waals surface area contributed by atoms with Gasteiger partial charge < -0.3 is 14.5 Å². The molecule has 0 spiro atoms. The van der Waals surface area contributed by atoms with Gasteiger partial charge in [0.05, 0.1) is 0 Å². The molecule has 0 bridgehead atoms. The third-order valence-electron chi connectivity index (χ3n) is 4.12. The van der Waals surface area contributed by atoms with Crippen molar-refractivity contribution >= 4 is 22.7 Å². The lowest BCUT2D eigenvalue weighted by atomic mass is 10.2. The molecular weight excluding hydrogens is 340 g/mol. The van der Waals surface area contributed by atoms with Crippen molar-refractivity contribution in [1.82, 2.24) is 4.98 Å². The van der Waals surface area contributed by atoms with Crippen LogP contribution >= 0.6 is 0 Å². The highest BCUT2D eigenvalue weighted by molar-refractivity contribution is 6.04. The predicted octanol–water partition coefficient (Wildman–Crippen LogP) is 4.97. The standard InChI is InChI=1S/C22H18N2O3/c1-15-23-20-12-9-18(13-21(20)27-15)24-22(25)17-7-10-19(11-8-17)26-14-16-5-3-2-4-6-16/h2-13H,14H2,1H3,(H,24,25). The Morgan fingerprint density at radius 2 is 1.81 bits per heavy atom. The van der Waals surface area contributed by atoms with Crippen molar-refractivity contribution in [3.63, 3.8) is 0 Å². The SMILES string of the molecule is Cc1nc2ccc(NC(=O)c3ccc(OCc4ccccc4)cc3)cc2o1. The highest BCUT2D eigenvalue weighted by Gasteiger charge is 2.09. The molecule has 134 valence electrons. The minimum atomic E-state index is -0.194. The van der Waals surface area contributed by atoms with Gasteiger partial charge in [0.1, 0.15) is 17.9 Å². The monoisotopic (exact) mass is 358 g/mol. The van der Waals surface area contributed by atoms with Crippen LogP contribution in [0.15, 0.2) is 77.2 Å². The van der Waals surface area contributed by atoms with Crippen LogP contribution in [0.2, 0.25) is 0 Å². The van der Waals surface area contributed by atoms with E-state index in [0.29, 0.717) is 35.1 Å². The zero-order valence-corrected chi connectivity index (χ0v) is 14.8. The first-order valence-electron chi connectivity index (χ1n) is 8.63. The summed E-state index contributed by atoms with van der Waals surface area (Å²) in [7, 11) is 0. The summed E-state index contributed by atoms with van der Waals surface area (Å²) in [4.78, 5) is 16.7. The van der Waals surface area contributed by atoms with E-state index in [1.807, 2.05) is 36.4 Å². The van der Waals surface area contributed by atoms with E-state index in [9.17, 15) is 4.79 Å². The van der Waals surface area contributed by atoms with Gasteiger partial charge in [-0.25, -0.2) is 4.98 Å². The maximum Gasteiger partial charge on any atom is 0.255 e. The second-order valence-corrected chi connectivity index (χ2v) is 6.17. The molecule has 1 N–H and O–H groups in total. The number of carbonyl (C=O) groups excluding carboxylic acids is 1. The molecule has 1 heterocycles. The van der Waals surface area contributed by atoms with Gasteiger partial charge >= 0.3 is 0 Å². The van der Waals surface area contributed by atoms with Crippen LogP contribution in [-0.2, 0) is 6.61 Å². The molecule has 4 rings (SSSR count). The molecule has 4 aromatic rings. The molecule has 3 aromatic carbocycles. The average Bonchev–Trinajstić information content (AvgIpc) is 3.07. The van der Waals surface area contributed by atoms with Gasteiger partial charge in [-0.2, -0.15) is 0 Å². The summed E-state index contributed by atoms with van der Waals surface area (Å²) in [5, 5.41) is 2.87. The number of fused-ring (bicyclic) bond motifs is 1. The molecule has 0 aliphatic heterocycles. The summed E-state index contributed by atoms with van der Waals surface area (Å²) < 4.78 is 11.2. The minimum Gasteiger partial charge on any atom is -0.489 e. The third-order valence-corrected chi connectivity index (χ3v) is 4.12. The van der Waals surface area contributed by atoms with E-state index in [4.69, 9.17) is 9.15 Å². The fourth-order valence-corrected chi connectivity index (χ4v) is 2.76. The third kappa shape index (κ3) is 3.98. The topological polar surface area (TPSA) is 64.4 Å². The first-order valence-corrected chi connectivity index (χ1v) is 8.63. The van der Waals surface area contributed by atoms with Crippen LogP contribution in [0.3, 0.4) is 0 Å². The van der Waals surface area contributed by atoms with E-state index in [-0.39, 0.29) is 5.91 Å². The largest absolute Gasteiger partial charge is 0.489 e. The Morgan fingerprint density at radius 1 is 1.04 bits per heavy atom. The lowest BCUT2D eigenvalue weighted by Crippen LogP contribution is -2.11. The molecule has 0 aliphatic rings. The molecule has 5 nitrogen and oxygen atoms in total. The summed E-state index contributed by atoms with van der Waals surface area (Å²) >= 11 is 0. The quantitative estimate of drug-likeness (QED) is 0.547. The van der Waals surface area contributed by atoms with E-state index in [1.165, 1.54) is 0 Å². The van der Waals surface area contributed by atoms with Gasteiger partial charge in [-0.3, -0.25) is 4.79 Å². The lowest BCUT2D eigenvalue weighted by Gasteiger charge is -2.08. The maximum atomic E-state index is 12.4. The molecule has 5 heteroatoms. The first kappa shape index (κ1) is 16.8. The second kappa shape index (κ2) is 7.33. The Morgan fingerprint density at radius 3 is 2.59 bits per heavy atom. The number of aryl methyl sites for hydroxylation is 1. The molecule has 1 amide bonds. The summed E-state index contributed by atoms with van der Waals surface area (Å²) in [5.41, 5.74) is 3.72. The summed E-state index contributed by atoms with van der Waals surface area (Å²) in [5.74, 6) is 1.12. The van der Waals surface area contributed by atoms with Crippen molar-refractivity contribution in [1.29, 1.82) is 0 Å². The van der Waals surface area contributed by atoms with Crippen LogP contribution in [0.1, 0.15) is 21.8 Å². The molecule has 0 aliphatic carbocycles. The molecule has 1 aromatic heterocycles. The molecule has 0 fully saturated rings. The fraction of sp³-hybridized carbons (Fsp3) is 0.0909. The Kier molecular flexibility index (Phi) is 4.58. The molecule has 0 atom stereocenters. The Hall–Kier alpha value is -3.60. The smallest absolute Gasteiger partial charge is 0.255 e. The number of nitrogens with one attached hydrogen (secondary N) is 1. The van der Waals surface area contributed by atoms with Gasteiger partial charge in [-0.15, -0.1) is 0 Å². The molecular formula is C22H18N2O3. The zero-order chi connectivity index (χ0) is 18.6. The predicted molar refractivity (Wildman–Crippen MR) is 104 cm³/mol. The van der Waals surface area contributed by atoms with Gasteiger partial charge in [0, 0.05) is 24.2 Å². The van der Waals surface area contributed by atoms with Crippen LogP contribution < -0.4 is 10.1 Å². The Bertz CT molecular complexity index is 1070. The van der Waals surface area contributed by atoms with Crippen molar-refractivity contribution in [2.45, 2.75) is 13.5 Å².